The number of likely N-dealkylation sites (N-methyl/N-ethyl adjacent to an activating group) is 1. The number of hydrogen-bond donors (Lipinski definition) is 1. The van der Waals surface area contributed by atoms with Gasteiger partial charge in [0.25, 0.3) is 0 Å². The quantitative estimate of drug-likeness (QED) is 0.776. The fourth-order valence-corrected chi connectivity index (χ4v) is 2.70. The highest BCUT2D eigenvalue weighted by molar-refractivity contribution is 4.94. The SMILES string of the molecule is CC1CCC(CN)(N(C)CCOC(C)C)CC1. The molecule has 3 heteroatoms. The summed E-state index contributed by atoms with van der Waals surface area (Å²) in [7, 11) is 2.20. The van der Waals surface area contributed by atoms with E-state index in [2.05, 4.69) is 32.7 Å². The van der Waals surface area contributed by atoms with E-state index < -0.39 is 0 Å². The van der Waals surface area contributed by atoms with Crippen LogP contribution in [0.25, 0.3) is 0 Å². The standard InChI is InChI=1S/C14H30N2O/c1-12(2)17-10-9-16(4)14(11-15)7-5-13(3)6-8-14/h12-13H,5-11,15H2,1-4H3. The molecule has 0 radical (unpaired) electrons. The predicted octanol–water partition coefficient (Wildman–Crippen LogP) is 2.25. The van der Waals surface area contributed by atoms with Crippen LogP contribution < -0.4 is 5.73 Å². The monoisotopic (exact) mass is 242 g/mol. The van der Waals surface area contributed by atoms with Crippen LogP contribution >= 0.6 is 0 Å². The van der Waals surface area contributed by atoms with Gasteiger partial charge in [-0.25, -0.2) is 0 Å². The Hall–Kier alpha value is -0.120. The second-order valence-corrected chi connectivity index (χ2v) is 5.95. The normalized spacial score (nSPS) is 30.2. The molecule has 0 aromatic carbocycles. The zero-order valence-corrected chi connectivity index (χ0v) is 12.0. The van der Waals surface area contributed by atoms with E-state index in [1.54, 1.807) is 0 Å². The van der Waals surface area contributed by atoms with Gasteiger partial charge in [-0.15, -0.1) is 0 Å². The lowest BCUT2D eigenvalue weighted by molar-refractivity contribution is 0.0164. The van der Waals surface area contributed by atoms with Gasteiger partial charge in [-0.3, -0.25) is 4.90 Å². The summed E-state index contributed by atoms with van der Waals surface area (Å²) >= 11 is 0. The molecule has 0 unspecified atom stereocenters. The zero-order chi connectivity index (χ0) is 12.9. The summed E-state index contributed by atoms with van der Waals surface area (Å²) < 4.78 is 5.63. The number of nitrogens with two attached hydrogens (primary N) is 1. The average Bonchev–Trinajstić information content (AvgIpc) is 2.30. The lowest BCUT2D eigenvalue weighted by Crippen LogP contribution is -2.54. The van der Waals surface area contributed by atoms with Crippen LogP contribution in [0.15, 0.2) is 0 Å². The predicted molar refractivity (Wildman–Crippen MR) is 73.1 cm³/mol. The molecule has 0 atom stereocenters. The van der Waals surface area contributed by atoms with Crippen LogP contribution in [0, 0.1) is 5.92 Å². The summed E-state index contributed by atoms with van der Waals surface area (Å²) in [5.41, 5.74) is 6.26. The first-order valence-electron chi connectivity index (χ1n) is 7.03. The number of nitrogens with zero attached hydrogens (tertiary/aromatic N) is 1. The lowest BCUT2D eigenvalue weighted by atomic mass is 9.76. The molecular formula is C14H30N2O. The molecule has 2 N–H and O–H groups in total. The van der Waals surface area contributed by atoms with E-state index in [1.165, 1.54) is 25.7 Å². The van der Waals surface area contributed by atoms with Gasteiger partial charge in [-0.1, -0.05) is 6.92 Å². The molecule has 0 heterocycles. The molecule has 1 aliphatic rings. The Morgan fingerprint density at radius 2 is 1.94 bits per heavy atom. The first-order valence-corrected chi connectivity index (χ1v) is 7.03. The molecule has 102 valence electrons. The van der Waals surface area contributed by atoms with Crippen molar-refractivity contribution in [2.24, 2.45) is 11.7 Å². The third kappa shape index (κ3) is 4.23. The molecule has 0 aliphatic heterocycles. The van der Waals surface area contributed by atoms with Gasteiger partial charge in [0.1, 0.15) is 0 Å². The summed E-state index contributed by atoms with van der Waals surface area (Å²) in [5.74, 6) is 0.870. The molecule has 0 amide bonds. The molecule has 1 saturated carbocycles. The van der Waals surface area contributed by atoms with Crippen LogP contribution in [-0.2, 0) is 4.74 Å². The van der Waals surface area contributed by atoms with Crippen LogP contribution in [0.4, 0.5) is 0 Å². The van der Waals surface area contributed by atoms with E-state index >= 15 is 0 Å². The third-order valence-corrected chi connectivity index (χ3v) is 4.27. The smallest absolute Gasteiger partial charge is 0.0597 e. The topological polar surface area (TPSA) is 38.5 Å². The first-order chi connectivity index (χ1) is 8.00. The highest BCUT2D eigenvalue weighted by atomic mass is 16.5. The van der Waals surface area contributed by atoms with Gasteiger partial charge < -0.3 is 10.5 Å². The van der Waals surface area contributed by atoms with Crippen LogP contribution in [0.3, 0.4) is 0 Å². The molecule has 17 heavy (non-hydrogen) atoms. The molecule has 0 aromatic heterocycles. The highest BCUT2D eigenvalue weighted by Crippen LogP contribution is 2.34. The molecule has 0 bridgehead atoms. The van der Waals surface area contributed by atoms with Crippen molar-refractivity contribution in [2.75, 3.05) is 26.7 Å². The molecular weight excluding hydrogens is 212 g/mol. The summed E-state index contributed by atoms with van der Waals surface area (Å²) in [6.45, 7) is 9.09. The van der Waals surface area contributed by atoms with Crippen molar-refractivity contribution >= 4 is 0 Å². The maximum absolute atomic E-state index is 6.03. The van der Waals surface area contributed by atoms with Crippen LogP contribution in [0.5, 0.6) is 0 Å². The Morgan fingerprint density at radius 1 is 1.35 bits per heavy atom. The minimum Gasteiger partial charge on any atom is -0.377 e. The largest absolute Gasteiger partial charge is 0.377 e. The molecule has 1 fully saturated rings. The van der Waals surface area contributed by atoms with Crippen molar-refractivity contribution in [3.63, 3.8) is 0 Å². The minimum atomic E-state index is 0.229. The van der Waals surface area contributed by atoms with Crippen LogP contribution in [0.1, 0.15) is 46.5 Å². The molecule has 1 aliphatic carbocycles. The molecule has 3 nitrogen and oxygen atoms in total. The van der Waals surface area contributed by atoms with Crippen molar-refractivity contribution in [3.05, 3.63) is 0 Å². The second-order valence-electron chi connectivity index (χ2n) is 5.95. The minimum absolute atomic E-state index is 0.229. The van der Waals surface area contributed by atoms with Crippen LogP contribution in [0.2, 0.25) is 0 Å². The van der Waals surface area contributed by atoms with Gasteiger partial charge in [-0.05, 0) is 52.5 Å². The Morgan fingerprint density at radius 3 is 2.41 bits per heavy atom. The van der Waals surface area contributed by atoms with E-state index in [1.807, 2.05) is 0 Å². The van der Waals surface area contributed by atoms with Gasteiger partial charge in [0.2, 0.25) is 0 Å². The number of hydrogen-bond acceptors (Lipinski definition) is 3. The van der Waals surface area contributed by atoms with Crippen molar-refractivity contribution in [1.29, 1.82) is 0 Å². The van der Waals surface area contributed by atoms with Crippen molar-refractivity contribution in [3.8, 4) is 0 Å². The van der Waals surface area contributed by atoms with E-state index in [0.717, 1.165) is 25.6 Å². The van der Waals surface area contributed by atoms with Gasteiger partial charge in [0, 0.05) is 18.6 Å². The van der Waals surface area contributed by atoms with E-state index in [4.69, 9.17) is 10.5 Å². The summed E-state index contributed by atoms with van der Waals surface area (Å²) in [6.07, 6.45) is 5.42. The third-order valence-electron chi connectivity index (χ3n) is 4.27. The zero-order valence-electron chi connectivity index (χ0n) is 12.0. The molecule has 1 rings (SSSR count). The van der Waals surface area contributed by atoms with Crippen molar-refractivity contribution in [1.82, 2.24) is 4.90 Å². The van der Waals surface area contributed by atoms with Gasteiger partial charge in [0.05, 0.1) is 12.7 Å². The fraction of sp³-hybridized carbons (Fsp3) is 1.00. The van der Waals surface area contributed by atoms with Crippen molar-refractivity contribution in [2.45, 2.75) is 58.1 Å². The molecule has 0 spiro atoms. The number of ether oxygens (including phenoxy) is 1. The maximum atomic E-state index is 6.03. The lowest BCUT2D eigenvalue weighted by Gasteiger charge is -2.45. The van der Waals surface area contributed by atoms with E-state index in [9.17, 15) is 0 Å². The van der Waals surface area contributed by atoms with Gasteiger partial charge in [-0.2, -0.15) is 0 Å². The van der Waals surface area contributed by atoms with E-state index in [0.29, 0.717) is 6.10 Å². The van der Waals surface area contributed by atoms with E-state index in [-0.39, 0.29) is 5.54 Å². The Labute approximate surface area is 107 Å². The number of rotatable bonds is 6. The molecule has 0 aromatic rings. The summed E-state index contributed by atoms with van der Waals surface area (Å²) in [6, 6.07) is 0. The Kier molecular flexibility index (Phi) is 5.90. The highest BCUT2D eigenvalue weighted by Gasteiger charge is 2.36. The fourth-order valence-electron chi connectivity index (χ4n) is 2.70. The maximum Gasteiger partial charge on any atom is 0.0597 e. The van der Waals surface area contributed by atoms with Gasteiger partial charge in [0.15, 0.2) is 0 Å². The van der Waals surface area contributed by atoms with Crippen LogP contribution in [-0.4, -0.2) is 43.3 Å². The Balaban J connectivity index is 2.43. The van der Waals surface area contributed by atoms with Gasteiger partial charge >= 0.3 is 0 Å². The second kappa shape index (κ2) is 6.72. The first kappa shape index (κ1) is 14.9. The summed E-state index contributed by atoms with van der Waals surface area (Å²) in [5, 5.41) is 0. The summed E-state index contributed by atoms with van der Waals surface area (Å²) in [4.78, 5) is 2.43. The average molecular weight is 242 g/mol. The Bertz CT molecular complexity index is 210. The molecule has 0 saturated heterocycles. The van der Waals surface area contributed by atoms with Crippen molar-refractivity contribution < 1.29 is 4.74 Å².